The monoisotopic (exact) mass is 209 g/mol. The van der Waals surface area contributed by atoms with Crippen molar-refractivity contribution < 1.29 is 4.74 Å². The molecule has 0 amide bonds. The number of hydrogen-bond acceptors (Lipinski definition) is 4. The van der Waals surface area contributed by atoms with E-state index in [4.69, 9.17) is 16.3 Å². The molecule has 0 bridgehead atoms. The Morgan fingerprint density at radius 3 is 2.33 bits per heavy atom. The quantitative estimate of drug-likeness (QED) is 0.395. The van der Waals surface area contributed by atoms with Gasteiger partial charge in [-0.3, -0.25) is 5.84 Å². The van der Waals surface area contributed by atoms with Gasteiger partial charge in [-0.25, -0.2) is 5.43 Å². The second kappa shape index (κ2) is 4.61. The van der Waals surface area contributed by atoms with Gasteiger partial charge in [0.2, 0.25) is 0 Å². The van der Waals surface area contributed by atoms with E-state index < -0.39 is 6.17 Å². The number of nitrogens with two attached hydrogens (primary N) is 2. The van der Waals surface area contributed by atoms with E-state index in [2.05, 4.69) is 18.4 Å². The van der Waals surface area contributed by atoms with Crippen molar-refractivity contribution in [2.24, 2.45) is 11.6 Å². The molecule has 0 heterocycles. The molecule has 0 spiro atoms. The molecule has 0 aliphatic carbocycles. The first-order valence-electron chi connectivity index (χ1n) is 4.89. The van der Waals surface area contributed by atoms with Crippen LogP contribution in [0.1, 0.15) is 28.4 Å². The number of aryl methyl sites for hydroxylation is 2. The first kappa shape index (κ1) is 12.0. The van der Waals surface area contributed by atoms with Crippen molar-refractivity contribution in [3.8, 4) is 5.75 Å². The molecule has 1 aromatic carbocycles. The van der Waals surface area contributed by atoms with Crippen LogP contribution in [0.15, 0.2) is 6.07 Å². The van der Waals surface area contributed by atoms with Gasteiger partial charge >= 0.3 is 0 Å². The minimum absolute atomic E-state index is 0.403. The zero-order valence-electron chi connectivity index (χ0n) is 9.72. The molecule has 1 aromatic rings. The zero-order valence-corrected chi connectivity index (χ0v) is 9.72. The summed E-state index contributed by atoms with van der Waals surface area (Å²) in [7, 11) is 1.65. The van der Waals surface area contributed by atoms with E-state index in [1.54, 1.807) is 7.11 Å². The Bertz CT molecular complexity index is 363. The number of ether oxygens (including phenoxy) is 1. The molecular weight excluding hydrogens is 190 g/mol. The van der Waals surface area contributed by atoms with Crippen LogP contribution in [-0.4, -0.2) is 7.11 Å². The average Bonchev–Trinajstić information content (AvgIpc) is 2.21. The molecule has 1 unspecified atom stereocenters. The van der Waals surface area contributed by atoms with Crippen LogP contribution in [0, 0.1) is 20.8 Å². The lowest BCUT2D eigenvalue weighted by Gasteiger charge is -2.20. The summed E-state index contributed by atoms with van der Waals surface area (Å²) in [6, 6.07) is 2.09. The first-order chi connectivity index (χ1) is 7.02. The molecule has 0 aromatic heterocycles. The molecule has 0 saturated heterocycles. The van der Waals surface area contributed by atoms with E-state index in [1.807, 2.05) is 13.8 Å². The van der Waals surface area contributed by atoms with Gasteiger partial charge in [-0.1, -0.05) is 6.07 Å². The van der Waals surface area contributed by atoms with Gasteiger partial charge in [0, 0.05) is 5.56 Å². The lowest BCUT2D eigenvalue weighted by molar-refractivity contribution is 0.396. The Hall–Kier alpha value is -1.10. The van der Waals surface area contributed by atoms with Crippen LogP contribution in [0.4, 0.5) is 0 Å². The van der Waals surface area contributed by atoms with Gasteiger partial charge in [-0.15, -0.1) is 0 Å². The largest absolute Gasteiger partial charge is 0.496 e. The summed E-state index contributed by atoms with van der Waals surface area (Å²) < 4.78 is 5.39. The predicted octanol–water partition coefficient (Wildman–Crippen LogP) is 1.04. The third-order valence-electron chi connectivity index (χ3n) is 2.73. The Kier molecular flexibility index (Phi) is 3.68. The van der Waals surface area contributed by atoms with Crippen molar-refractivity contribution in [2.75, 3.05) is 7.11 Å². The summed E-state index contributed by atoms with van der Waals surface area (Å²) in [5, 5.41) is 0. The first-order valence-corrected chi connectivity index (χ1v) is 4.89. The van der Waals surface area contributed by atoms with Crippen LogP contribution in [0.3, 0.4) is 0 Å². The van der Waals surface area contributed by atoms with Crippen LogP contribution in [-0.2, 0) is 0 Å². The van der Waals surface area contributed by atoms with Crippen LogP contribution < -0.4 is 21.7 Å². The van der Waals surface area contributed by atoms with Gasteiger partial charge in [0.25, 0.3) is 0 Å². The molecule has 0 radical (unpaired) electrons. The van der Waals surface area contributed by atoms with Gasteiger partial charge in [-0.05, 0) is 37.5 Å². The fourth-order valence-corrected chi connectivity index (χ4v) is 1.80. The number of hydrogen-bond donors (Lipinski definition) is 3. The Morgan fingerprint density at radius 1 is 1.27 bits per heavy atom. The summed E-state index contributed by atoms with van der Waals surface area (Å²) in [6.45, 7) is 6.07. The third kappa shape index (κ3) is 2.12. The second-order valence-corrected chi connectivity index (χ2v) is 3.73. The predicted molar refractivity (Wildman–Crippen MR) is 61.5 cm³/mol. The van der Waals surface area contributed by atoms with E-state index in [-0.39, 0.29) is 0 Å². The van der Waals surface area contributed by atoms with E-state index in [1.165, 1.54) is 5.56 Å². The van der Waals surface area contributed by atoms with Crippen molar-refractivity contribution >= 4 is 0 Å². The van der Waals surface area contributed by atoms with Gasteiger partial charge in [0.05, 0.1) is 13.3 Å². The Morgan fingerprint density at radius 2 is 1.87 bits per heavy atom. The van der Waals surface area contributed by atoms with Crippen LogP contribution in [0.2, 0.25) is 0 Å². The highest BCUT2D eigenvalue weighted by Gasteiger charge is 2.16. The molecule has 0 saturated carbocycles. The van der Waals surface area contributed by atoms with E-state index in [0.717, 1.165) is 22.4 Å². The summed E-state index contributed by atoms with van der Waals surface area (Å²) >= 11 is 0. The van der Waals surface area contributed by atoms with E-state index in [9.17, 15) is 0 Å². The maximum Gasteiger partial charge on any atom is 0.128 e. The molecule has 4 nitrogen and oxygen atoms in total. The minimum atomic E-state index is -0.403. The van der Waals surface area contributed by atoms with Crippen molar-refractivity contribution in [2.45, 2.75) is 26.9 Å². The zero-order chi connectivity index (χ0) is 11.6. The van der Waals surface area contributed by atoms with Crippen molar-refractivity contribution in [1.29, 1.82) is 0 Å². The lowest BCUT2D eigenvalue weighted by atomic mass is 9.97. The maximum atomic E-state index is 5.87. The molecule has 4 heteroatoms. The maximum absolute atomic E-state index is 5.87. The van der Waals surface area contributed by atoms with Gasteiger partial charge < -0.3 is 10.5 Å². The highest BCUT2D eigenvalue weighted by molar-refractivity contribution is 5.50. The lowest BCUT2D eigenvalue weighted by Crippen LogP contribution is -2.35. The fourth-order valence-electron chi connectivity index (χ4n) is 1.80. The molecule has 84 valence electrons. The van der Waals surface area contributed by atoms with E-state index >= 15 is 0 Å². The number of nitrogens with one attached hydrogen (secondary N) is 1. The topological polar surface area (TPSA) is 73.3 Å². The molecule has 1 atom stereocenters. The Labute approximate surface area is 90.6 Å². The SMILES string of the molecule is COc1c(C)c(C)cc(C)c1C(N)NN. The molecule has 5 N–H and O–H groups in total. The number of rotatable bonds is 3. The van der Waals surface area contributed by atoms with Crippen LogP contribution in [0.25, 0.3) is 0 Å². The van der Waals surface area contributed by atoms with Crippen molar-refractivity contribution in [3.63, 3.8) is 0 Å². The normalized spacial score (nSPS) is 12.7. The molecule has 0 aliphatic heterocycles. The van der Waals surface area contributed by atoms with Gasteiger partial charge in [-0.2, -0.15) is 0 Å². The van der Waals surface area contributed by atoms with Crippen LogP contribution in [0.5, 0.6) is 5.75 Å². The molecular formula is C11H19N3O. The number of benzene rings is 1. The molecule has 0 aliphatic rings. The summed E-state index contributed by atoms with van der Waals surface area (Å²) in [5.74, 6) is 6.17. The highest BCUT2D eigenvalue weighted by Crippen LogP contribution is 2.31. The molecule has 15 heavy (non-hydrogen) atoms. The van der Waals surface area contributed by atoms with E-state index in [0.29, 0.717) is 0 Å². The highest BCUT2D eigenvalue weighted by atomic mass is 16.5. The third-order valence-corrected chi connectivity index (χ3v) is 2.73. The number of hydrazine groups is 1. The summed E-state index contributed by atoms with van der Waals surface area (Å²) in [4.78, 5) is 0. The summed E-state index contributed by atoms with van der Waals surface area (Å²) in [5.41, 5.74) is 12.7. The second-order valence-electron chi connectivity index (χ2n) is 3.73. The Balaban J connectivity index is 3.41. The minimum Gasteiger partial charge on any atom is -0.496 e. The molecule has 1 rings (SSSR count). The van der Waals surface area contributed by atoms with Crippen molar-refractivity contribution in [3.05, 3.63) is 28.3 Å². The van der Waals surface area contributed by atoms with Gasteiger partial charge in [0.1, 0.15) is 5.75 Å². The standard InChI is InChI=1S/C11H19N3O/c1-6-5-7(2)9(11(12)14-13)10(15-4)8(6)3/h5,11,14H,12-13H2,1-4H3. The van der Waals surface area contributed by atoms with Crippen molar-refractivity contribution in [1.82, 2.24) is 5.43 Å². The number of methoxy groups -OCH3 is 1. The fraction of sp³-hybridized carbons (Fsp3) is 0.455. The average molecular weight is 209 g/mol. The smallest absolute Gasteiger partial charge is 0.128 e. The molecule has 0 fully saturated rings. The van der Waals surface area contributed by atoms with Crippen LogP contribution >= 0.6 is 0 Å². The van der Waals surface area contributed by atoms with Gasteiger partial charge in [0.15, 0.2) is 0 Å². The summed E-state index contributed by atoms with van der Waals surface area (Å²) in [6.07, 6.45) is -0.403.